The first-order valence-corrected chi connectivity index (χ1v) is 7.37. The summed E-state index contributed by atoms with van der Waals surface area (Å²) in [4.78, 5) is 7.11. The summed E-state index contributed by atoms with van der Waals surface area (Å²) in [6, 6.07) is 1.15. The van der Waals surface area contributed by atoms with E-state index in [1.54, 1.807) is 0 Å². The van der Waals surface area contributed by atoms with Crippen molar-refractivity contribution >= 4 is 29.9 Å². The normalized spacial score (nSPS) is 24.4. The Morgan fingerprint density at radius 1 is 1.32 bits per heavy atom. The number of nitrogens with zero attached hydrogens (tertiary/aromatic N) is 2. The Balaban J connectivity index is 0.00000324. The van der Waals surface area contributed by atoms with E-state index in [1.165, 1.54) is 6.54 Å². The molecule has 2 unspecified atom stereocenters. The quantitative estimate of drug-likeness (QED) is 0.436. The van der Waals surface area contributed by atoms with Crippen molar-refractivity contribution in [3.8, 4) is 0 Å². The van der Waals surface area contributed by atoms with Crippen molar-refractivity contribution in [2.24, 2.45) is 10.9 Å². The van der Waals surface area contributed by atoms with E-state index < -0.39 is 0 Å². The molecule has 1 aliphatic rings. The predicted octanol–water partition coefficient (Wildman–Crippen LogP) is 2.30. The van der Waals surface area contributed by atoms with E-state index in [4.69, 9.17) is 0 Å². The lowest BCUT2D eigenvalue weighted by Gasteiger charge is -2.21. The maximum absolute atomic E-state index is 4.58. The second kappa shape index (κ2) is 9.80. The molecule has 2 atom stereocenters. The molecule has 1 aliphatic heterocycles. The highest BCUT2D eigenvalue weighted by Gasteiger charge is 2.31. The fraction of sp³-hybridized carbons (Fsp3) is 0.929. The highest BCUT2D eigenvalue weighted by atomic mass is 127. The number of rotatable bonds is 5. The maximum Gasteiger partial charge on any atom is 0.191 e. The minimum absolute atomic E-state index is 0. The molecule has 0 aliphatic carbocycles. The molecule has 0 amide bonds. The average molecular weight is 382 g/mol. The molecular weight excluding hydrogens is 351 g/mol. The van der Waals surface area contributed by atoms with E-state index in [9.17, 15) is 0 Å². The zero-order valence-corrected chi connectivity index (χ0v) is 15.4. The largest absolute Gasteiger partial charge is 0.357 e. The van der Waals surface area contributed by atoms with Gasteiger partial charge in [0.25, 0.3) is 0 Å². The molecule has 4 nitrogen and oxygen atoms in total. The minimum Gasteiger partial charge on any atom is -0.357 e. The molecule has 114 valence electrons. The van der Waals surface area contributed by atoms with Gasteiger partial charge in [0.15, 0.2) is 5.96 Å². The third-order valence-electron chi connectivity index (χ3n) is 3.53. The molecule has 0 aromatic heterocycles. The van der Waals surface area contributed by atoms with Crippen molar-refractivity contribution in [1.82, 2.24) is 15.5 Å². The standard InChI is InChI=1S/C14H30N4.HI/c1-6-8-16-14(15-7-2)17-13-10-18(11(3)4)9-12(13)5;/h11-13H,6-10H2,1-5H3,(H2,15,16,17);1H. The van der Waals surface area contributed by atoms with E-state index in [2.05, 4.69) is 55.1 Å². The van der Waals surface area contributed by atoms with E-state index >= 15 is 0 Å². The van der Waals surface area contributed by atoms with Crippen molar-refractivity contribution in [3.05, 3.63) is 0 Å². The maximum atomic E-state index is 4.58. The second-order valence-electron chi connectivity index (χ2n) is 5.54. The molecule has 0 radical (unpaired) electrons. The molecule has 2 N–H and O–H groups in total. The predicted molar refractivity (Wildman–Crippen MR) is 94.5 cm³/mol. The molecule has 0 aromatic carbocycles. The number of nitrogens with one attached hydrogen (secondary N) is 2. The minimum atomic E-state index is 0. The first-order chi connectivity index (χ1) is 8.58. The number of hydrogen-bond donors (Lipinski definition) is 2. The lowest BCUT2D eigenvalue weighted by molar-refractivity contribution is 0.265. The molecule has 1 heterocycles. The first-order valence-electron chi connectivity index (χ1n) is 7.37. The third-order valence-corrected chi connectivity index (χ3v) is 3.53. The summed E-state index contributed by atoms with van der Waals surface area (Å²) in [5, 5.41) is 6.91. The molecule has 1 rings (SSSR count). The molecule has 5 heteroatoms. The summed E-state index contributed by atoms with van der Waals surface area (Å²) < 4.78 is 0. The van der Waals surface area contributed by atoms with E-state index in [0.717, 1.165) is 32.0 Å². The van der Waals surface area contributed by atoms with E-state index in [1.807, 2.05) is 0 Å². The summed E-state index contributed by atoms with van der Waals surface area (Å²) in [5.41, 5.74) is 0. The lowest BCUT2D eigenvalue weighted by Crippen LogP contribution is -2.46. The Bertz CT molecular complexity index is 268. The van der Waals surface area contributed by atoms with Crippen LogP contribution in [0.15, 0.2) is 4.99 Å². The van der Waals surface area contributed by atoms with Crippen LogP contribution in [0.2, 0.25) is 0 Å². The number of hydrogen-bond acceptors (Lipinski definition) is 2. The Morgan fingerprint density at radius 2 is 2.00 bits per heavy atom. The lowest BCUT2D eigenvalue weighted by atomic mass is 10.1. The van der Waals surface area contributed by atoms with Crippen LogP contribution in [0.3, 0.4) is 0 Å². The Hall–Kier alpha value is -0.0400. The summed E-state index contributed by atoms with van der Waals surface area (Å²) in [5.74, 6) is 1.65. The van der Waals surface area contributed by atoms with Gasteiger partial charge in [0.05, 0.1) is 0 Å². The van der Waals surface area contributed by atoms with Crippen molar-refractivity contribution in [2.45, 2.75) is 53.1 Å². The Kier molecular flexibility index (Phi) is 9.78. The van der Waals surface area contributed by atoms with Crippen LogP contribution < -0.4 is 10.6 Å². The Morgan fingerprint density at radius 3 is 2.47 bits per heavy atom. The van der Waals surface area contributed by atoms with Gasteiger partial charge in [-0.05, 0) is 33.1 Å². The highest BCUT2D eigenvalue weighted by Crippen LogP contribution is 2.18. The van der Waals surface area contributed by atoms with Crippen LogP contribution in [0, 0.1) is 5.92 Å². The zero-order valence-electron chi connectivity index (χ0n) is 13.1. The molecule has 0 spiro atoms. The van der Waals surface area contributed by atoms with Gasteiger partial charge in [-0.1, -0.05) is 13.8 Å². The van der Waals surface area contributed by atoms with Gasteiger partial charge in [0.2, 0.25) is 0 Å². The summed E-state index contributed by atoms with van der Waals surface area (Å²) in [6.45, 7) is 15.3. The molecule has 1 fully saturated rings. The summed E-state index contributed by atoms with van der Waals surface area (Å²) >= 11 is 0. The van der Waals surface area contributed by atoms with Crippen LogP contribution in [0.4, 0.5) is 0 Å². The number of aliphatic imine (C=N–C) groups is 1. The smallest absolute Gasteiger partial charge is 0.191 e. The fourth-order valence-corrected chi connectivity index (χ4v) is 2.33. The molecule has 0 bridgehead atoms. The van der Waals surface area contributed by atoms with E-state index in [-0.39, 0.29) is 24.0 Å². The van der Waals surface area contributed by atoms with Crippen molar-refractivity contribution < 1.29 is 0 Å². The second-order valence-corrected chi connectivity index (χ2v) is 5.54. The van der Waals surface area contributed by atoms with Crippen LogP contribution in [-0.4, -0.2) is 49.1 Å². The third kappa shape index (κ3) is 6.29. The molecule has 0 aromatic rings. The van der Waals surface area contributed by atoms with Crippen LogP contribution in [0.25, 0.3) is 0 Å². The number of likely N-dealkylation sites (tertiary alicyclic amines) is 1. The molecule has 1 saturated heterocycles. The van der Waals surface area contributed by atoms with Gasteiger partial charge < -0.3 is 10.6 Å². The molecular formula is C14H31IN4. The van der Waals surface area contributed by atoms with Crippen LogP contribution in [-0.2, 0) is 0 Å². The van der Waals surface area contributed by atoms with Crippen molar-refractivity contribution in [3.63, 3.8) is 0 Å². The van der Waals surface area contributed by atoms with Crippen LogP contribution in [0.1, 0.15) is 41.0 Å². The van der Waals surface area contributed by atoms with Gasteiger partial charge in [-0.3, -0.25) is 9.89 Å². The van der Waals surface area contributed by atoms with Gasteiger partial charge in [-0.15, -0.1) is 24.0 Å². The van der Waals surface area contributed by atoms with Gasteiger partial charge >= 0.3 is 0 Å². The zero-order chi connectivity index (χ0) is 13.5. The highest BCUT2D eigenvalue weighted by molar-refractivity contribution is 14.0. The van der Waals surface area contributed by atoms with Crippen molar-refractivity contribution in [1.29, 1.82) is 0 Å². The van der Waals surface area contributed by atoms with Crippen LogP contribution >= 0.6 is 24.0 Å². The molecule has 0 saturated carbocycles. The number of guanidine groups is 1. The van der Waals surface area contributed by atoms with Crippen LogP contribution in [0.5, 0.6) is 0 Å². The van der Waals surface area contributed by atoms with Gasteiger partial charge in [0.1, 0.15) is 0 Å². The molecule has 19 heavy (non-hydrogen) atoms. The summed E-state index contributed by atoms with van der Waals surface area (Å²) in [7, 11) is 0. The van der Waals surface area contributed by atoms with Gasteiger partial charge in [0, 0.05) is 38.3 Å². The van der Waals surface area contributed by atoms with E-state index in [0.29, 0.717) is 18.0 Å². The monoisotopic (exact) mass is 382 g/mol. The first kappa shape index (κ1) is 19.0. The Labute approximate surface area is 135 Å². The van der Waals surface area contributed by atoms with Gasteiger partial charge in [-0.2, -0.15) is 0 Å². The van der Waals surface area contributed by atoms with Crippen molar-refractivity contribution in [2.75, 3.05) is 26.2 Å². The van der Waals surface area contributed by atoms with Gasteiger partial charge in [-0.25, -0.2) is 0 Å². The average Bonchev–Trinajstić information content (AvgIpc) is 2.68. The number of halogens is 1. The summed E-state index contributed by atoms with van der Waals surface area (Å²) in [6.07, 6.45) is 1.09. The fourth-order valence-electron chi connectivity index (χ4n) is 2.33. The SMILES string of the molecule is CCCN=C(NCC)NC1CN(C(C)C)CC1C.I. The topological polar surface area (TPSA) is 39.7 Å².